The van der Waals surface area contributed by atoms with Gasteiger partial charge in [-0.15, -0.1) is 10.2 Å². The number of hydrogen-bond acceptors (Lipinski definition) is 4. The molecule has 3 aromatic rings. The molecule has 0 radical (unpaired) electrons. The Bertz CT molecular complexity index is 866. The molecule has 1 aliphatic rings. The van der Waals surface area contributed by atoms with Crippen molar-refractivity contribution in [1.82, 2.24) is 29.4 Å². The summed E-state index contributed by atoms with van der Waals surface area (Å²) in [6, 6.07) is 11.8. The molecule has 3 heterocycles. The van der Waals surface area contributed by atoms with E-state index >= 15 is 0 Å². The molecule has 7 heteroatoms. The van der Waals surface area contributed by atoms with Crippen LogP contribution in [0.15, 0.2) is 42.6 Å². The second-order valence-electron chi connectivity index (χ2n) is 5.74. The third kappa shape index (κ3) is 2.47. The zero-order valence-corrected chi connectivity index (χ0v) is 13.5. The van der Waals surface area contributed by atoms with E-state index in [0.29, 0.717) is 25.3 Å². The van der Waals surface area contributed by atoms with Crippen LogP contribution < -0.4 is 0 Å². The second-order valence-corrected chi connectivity index (χ2v) is 5.74. The van der Waals surface area contributed by atoms with Crippen LogP contribution in [0, 0.1) is 0 Å². The SMILES string of the molecule is CCn1ccc(C(=O)N2CCn3c(nnc3-c3ccccc3)C2)n1. The Morgan fingerprint density at radius 1 is 1.12 bits per heavy atom. The summed E-state index contributed by atoms with van der Waals surface area (Å²) in [4.78, 5) is 14.4. The highest BCUT2D eigenvalue weighted by atomic mass is 16.2. The Balaban J connectivity index is 1.56. The maximum absolute atomic E-state index is 12.6. The van der Waals surface area contributed by atoms with Crippen LogP contribution in [0.5, 0.6) is 0 Å². The van der Waals surface area contributed by atoms with Gasteiger partial charge in [0.2, 0.25) is 0 Å². The fraction of sp³-hybridized carbons (Fsp3) is 0.294. The van der Waals surface area contributed by atoms with Crippen molar-refractivity contribution in [2.75, 3.05) is 6.54 Å². The normalized spacial score (nSPS) is 13.8. The van der Waals surface area contributed by atoms with E-state index in [4.69, 9.17) is 0 Å². The highest BCUT2D eigenvalue weighted by Crippen LogP contribution is 2.22. The quantitative estimate of drug-likeness (QED) is 0.737. The number of amides is 1. The first-order chi connectivity index (χ1) is 11.8. The summed E-state index contributed by atoms with van der Waals surface area (Å²) >= 11 is 0. The van der Waals surface area contributed by atoms with Crippen molar-refractivity contribution in [3.63, 3.8) is 0 Å². The van der Waals surface area contributed by atoms with Crippen LogP contribution in [0.1, 0.15) is 23.2 Å². The van der Waals surface area contributed by atoms with Gasteiger partial charge in [-0.05, 0) is 13.0 Å². The van der Waals surface area contributed by atoms with Crippen molar-refractivity contribution < 1.29 is 4.79 Å². The number of benzene rings is 1. The molecule has 122 valence electrons. The molecule has 7 nitrogen and oxygen atoms in total. The molecule has 0 saturated heterocycles. The number of carbonyl (C=O) groups excluding carboxylic acids is 1. The monoisotopic (exact) mass is 322 g/mol. The Morgan fingerprint density at radius 3 is 2.71 bits per heavy atom. The van der Waals surface area contributed by atoms with E-state index in [1.807, 2.05) is 43.5 Å². The predicted molar refractivity (Wildman–Crippen MR) is 88.1 cm³/mol. The van der Waals surface area contributed by atoms with Crippen molar-refractivity contribution in [3.8, 4) is 11.4 Å². The van der Waals surface area contributed by atoms with E-state index in [9.17, 15) is 4.79 Å². The van der Waals surface area contributed by atoms with E-state index < -0.39 is 0 Å². The molecule has 1 aliphatic heterocycles. The summed E-state index contributed by atoms with van der Waals surface area (Å²) in [6.07, 6.45) is 1.83. The van der Waals surface area contributed by atoms with Gasteiger partial charge in [0, 0.05) is 31.4 Å². The molecule has 0 aliphatic carbocycles. The minimum absolute atomic E-state index is 0.0577. The summed E-state index contributed by atoms with van der Waals surface area (Å²) in [7, 11) is 0. The Morgan fingerprint density at radius 2 is 1.96 bits per heavy atom. The number of rotatable bonds is 3. The zero-order chi connectivity index (χ0) is 16.5. The number of carbonyl (C=O) groups is 1. The van der Waals surface area contributed by atoms with E-state index in [0.717, 1.165) is 23.8 Å². The van der Waals surface area contributed by atoms with Gasteiger partial charge in [0.1, 0.15) is 5.69 Å². The van der Waals surface area contributed by atoms with E-state index in [2.05, 4.69) is 19.9 Å². The first-order valence-electron chi connectivity index (χ1n) is 8.06. The van der Waals surface area contributed by atoms with Crippen molar-refractivity contribution >= 4 is 5.91 Å². The minimum atomic E-state index is -0.0577. The number of aromatic nitrogens is 5. The van der Waals surface area contributed by atoms with Gasteiger partial charge in [-0.2, -0.15) is 5.10 Å². The lowest BCUT2D eigenvalue weighted by Gasteiger charge is -2.27. The Kier molecular flexibility index (Phi) is 3.60. The average molecular weight is 322 g/mol. The number of aryl methyl sites for hydroxylation is 1. The number of fused-ring (bicyclic) bond motifs is 1. The van der Waals surface area contributed by atoms with Gasteiger partial charge >= 0.3 is 0 Å². The van der Waals surface area contributed by atoms with Crippen LogP contribution in [0.25, 0.3) is 11.4 Å². The molecular weight excluding hydrogens is 304 g/mol. The second kappa shape index (κ2) is 5.92. The van der Waals surface area contributed by atoms with Gasteiger partial charge in [-0.3, -0.25) is 9.48 Å². The van der Waals surface area contributed by atoms with Crippen LogP contribution in [-0.2, 0) is 19.6 Å². The lowest BCUT2D eigenvalue weighted by atomic mass is 10.2. The fourth-order valence-electron chi connectivity index (χ4n) is 2.95. The molecule has 0 N–H and O–H groups in total. The molecule has 0 fully saturated rings. The van der Waals surface area contributed by atoms with Crippen molar-refractivity contribution in [2.45, 2.75) is 26.6 Å². The topological polar surface area (TPSA) is 68.8 Å². The summed E-state index contributed by atoms with van der Waals surface area (Å²) in [6.45, 7) is 4.52. The minimum Gasteiger partial charge on any atom is -0.328 e. The van der Waals surface area contributed by atoms with Crippen molar-refractivity contribution in [1.29, 1.82) is 0 Å². The summed E-state index contributed by atoms with van der Waals surface area (Å²) < 4.78 is 3.84. The molecule has 0 spiro atoms. The molecule has 2 aromatic heterocycles. The molecule has 1 aromatic carbocycles. The highest BCUT2D eigenvalue weighted by molar-refractivity contribution is 5.92. The summed E-state index contributed by atoms with van der Waals surface area (Å²) in [5.74, 6) is 1.61. The smallest absolute Gasteiger partial charge is 0.274 e. The number of hydrogen-bond donors (Lipinski definition) is 0. The molecule has 0 saturated carbocycles. The largest absolute Gasteiger partial charge is 0.328 e. The maximum atomic E-state index is 12.6. The van der Waals surface area contributed by atoms with Crippen LogP contribution >= 0.6 is 0 Å². The molecular formula is C17H18N6O. The molecule has 0 atom stereocenters. The lowest BCUT2D eigenvalue weighted by Crippen LogP contribution is -2.38. The van der Waals surface area contributed by atoms with Crippen LogP contribution in [-0.4, -0.2) is 41.9 Å². The van der Waals surface area contributed by atoms with Crippen molar-refractivity contribution in [3.05, 3.63) is 54.1 Å². The molecule has 4 rings (SSSR count). The third-order valence-corrected chi connectivity index (χ3v) is 4.26. The van der Waals surface area contributed by atoms with Crippen LogP contribution in [0.3, 0.4) is 0 Å². The fourth-order valence-corrected chi connectivity index (χ4v) is 2.95. The van der Waals surface area contributed by atoms with Crippen LogP contribution in [0.2, 0.25) is 0 Å². The first kappa shape index (κ1) is 14.6. The van der Waals surface area contributed by atoms with Crippen molar-refractivity contribution in [2.24, 2.45) is 0 Å². The van der Waals surface area contributed by atoms with Gasteiger partial charge in [-0.25, -0.2) is 0 Å². The van der Waals surface area contributed by atoms with E-state index in [1.54, 1.807) is 15.6 Å². The highest BCUT2D eigenvalue weighted by Gasteiger charge is 2.26. The molecule has 1 amide bonds. The van der Waals surface area contributed by atoms with Gasteiger partial charge in [0.05, 0.1) is 6.54 Å². The van der Waals surface area contributed by atoms with E-state index in [1.165, 1.54) is 0 Å². The molecule has 24 heavy (non-hydrogen) atoms. The van der Waals surface area contributed by atoms with Gasteiger partial charge in [0.25, 0.3) is 5.91 Å². The first-order valence-corrected chi connectivity index (χ1v) is 8.06. The summed E-state index contributed by atoms with van der Waals surface area (Å²) in [5, 5.41) is 12.9. The van der Waals surface area contributed by atoms with Gasteiger partial charge in [0.15, 0.2) is 11.6 Å². The predicted octanol–water partition coefficient (Wildman–Crippen LogP) is 1.82. The lowest BCUT2D eigenvalue weighted by molar-refractivity contribution is 0.0701. The molecule has 0 unspecified atom stereocenters. The molecule has 0 bridgehead atoms. The summed E-state index contributed by atoms with van der Waals surface area (Å²) in [5.41, 5.74) is 1.52. The van der Waals surface area contributed by atoms with Crippen LogP contribution in [0.4, 0.5) is 0 Å². The van der Waals surface area contributed by atoms with Gasteiger partial charge in [-0.1, -0.05) is 30.3 Å². The standard InChI is InChI=1S/C17H18N6O/c1-2-22-9-8-14(20-22)17(24)21-10-11-23-15(12-21)18-19-16(23)13-6-4-3-5-7-13/h3-9H,2,10-12H2,1H3. The Labute approximate surface area is 139 Å². The third-order valence-electron chi connectivity index (χ3n) is 4.26. The van der Waals surface area contributed by atoms with E-state index in [-0.39, 0.29) is 5.91 Å². The Hall–Kier alpha value is -2.96. The maximum Gasteiger partial charge on any atom is 0.274 e. The number of nitrogens with zero attached hydrogens (tertiary/aromatic N) is 6. The average Bonchev–Trinajstić information content (AvgIpc) is 3.28. The zero-order valence-electron chi connectivity index (χ0n) is 13.5. The van der Waals surface area contributed by atoms with Gasteiger partial charge < -0.3 is 9.47 Å².